The number of rotatable bonds is 14. The Morgan fingerprint density at radius 1 is 0.570 bits per heavy atom. The molecule has 2 saturated heterocycles. The number of hydrogen-bond donors (Lipinski definition) is 1. The van der Waals surface area contributed by atoms with Gasteiger partial charge in [-0.05, 0) is 215 Å². The summed E-state index contributed by atoms with van der Waals surface area (Å²) in [6.07, 6.45) is 20.2. The van der Waals surface area contributed by atoms with Crippen molar-refractivity contribution in [3.8, 4) is 0 Å². The summed E-state index contributed by atoms with van der Waals surface area (Å²) < 4.78 is 42.5. The standard InChI is InChI=1S/C17H26O2.C16H24O2.C14H16O6.C14H20O3.C8H10O4/c1-10(2)16(18)19-17(11(3)4)14-6-12-5-13(8-14)9-15(17)7-12;1-4-16(18-15(17)10(2)3)13-6-11-5-12(8-13)9-14(16)7-11;1-6(2)13(16)18-5-10(15)19-11-7-3-8-9(4-7)14(17)20-12(8)11;1-9(2)12(15)17-14-6-10-3-11(7-14)5-13(16,4-10)8-14;1-5(2)7(9)12-6-3-4-11-8(6)10/h11-15H,1,5-9H2,2-4H3;11-14H,2,4-9H2,1,3H3;7-9,11-12H,1,3-5H2,2H3;10-11,16H,1,3-8H2,2H3;6H,1,3-4H2,2H3. The first-order chi connectivity index (χ1) is 40.5. The molecule has 0 radical (unpaired) electrons. The smallest absolute Gasteiger partial charge is 0.347 e. The predicted octanol–water partition coefficient (Wildman–Crippen LogP) is 10.9. The lowest BCUT2D eigenvalue weighted by Gasteiger charge is -2.61. The van der Waals surface area contributed by atoms with Crippen LogP contribution < -0.4 is 0 Å². The molecule has 1 N–H and O–H groups in total. The fraction of sp³-hybridized carbons (Fsp3) is 0.739. The van der Waals surface area contributed by atoms with Gasteiger partial charge < -0.3 is 43.0 Å². The highest BCUT2D eigenvalue weighted by molar-refractivity contribution is 5.90. The molecule has 474 valence electrons. The van der Waals surface area contributed by atoms with E-state index in [1.165, 1.54) is 84.5 Å². The van der Waals surface area contributed by atoms with Gasteiger partial charge in [-0.1, -0.05) is 53.7 Å². The first-order valence-corrected chi connectivity index (χ1v) is 32.1. The number of aliphatic hydroxyl groups is 1. The van der Waals surface area contributed by atoms with Crippen LogP contribution >= 0.6 is 0 Å². The molecule has 86 heavy (non-hydrogen) atoms. The number of cyclic esters (lactones) is 1. The van der Waals surface area contributed by atoms with Gasteiger partial charge in [0.2, 0.25) is 6.10 Å². The summed E-state index contributed by atoms with van der Waals surface area (Å²) in [5, 5.41) is 10.5. The molecule has 14 aliphatic carbocycles. The Labute approximate surface area is 508 Å². The second-order valence-electron chi connectivity index (χ2n) is 29.1. The molecule has 8 atom stereocenters. The number of ether oxygens (including phenoxy) is 8. The lowest BCUT2D eigenvalue weighted by Crippen LogP contribution is -2.62. The average Bonchev–Trinajstić information content (AvgIpc) is 1.10. The quantitative estimate of drug-likeness (QED) is 0.0968. The Morgan fingerprint density at radius 3 is 1.50 bits per heavy atom. The highest BCUT2D eigenvalue weighted by atomic mass is 16.6. The van der Waals surface area contributed by atoms with E-state index in [2.05, 4.69) is 58.4 Å². The summed E-state index contributed by atoms with van der Waals surface area (Å²) in [5.74, 6) is 4.81. The maximum absolute atomic E-state index is 12.1. The van der Waals surface area contributed by atoms with Gasteiger partial charge in [-0.3, -0.25) is 4.79 Å². The van der Waals surface area contributed by atoms with E-state index in [0.717, 1.165) is 68.6 Å². The highest BCUT2D eigenvalue weighted by Gasteiger charge is 2.65. The Kier molecular flexibility index (Phi) is 19.2. The van der Waals surface area contributed by atoms with Crippen molar-refractivity contribution in [3.05, 3.63) is 60.8 Å². The van der Waals surface area contributed by atoms with Crippen molar-refractivity contribution in [3.63, 3.8) is 0 Å². The van der Waals surface area contributed by atoms with Crippen LogP contribution in [0.3, 0.4) is 0 Å². The van der Waals surface area contributed by atoms with E-state index in [9.17, 15) is 43.5 Å². The summed E-state index contributed by atoms with van der Waals surface area (Å²) >= 11 is 0. The van der Waals surface area contributed by atoms with Crippen LogP contribution in [0, 0.1) is 82.9 Å². The monoisotopic (exact) mass is 1200 g/mol. The molecule has 8 unspecified atom stereocenters. The van der Waals surface area contributed by atoms with Gasteiger partial charge in [-0.15, -0.1) is 0 Å². The molecule has 2 heterocycles. The Morgan fingerprint density at radius 2 is 1.05 bits per heavy atom. The molecule has 0 spiro atoms. The van der Waals surface area contributed by atoms with Crippen LogP contribution in [-0.4, -0.2) is 107 Å². The summed E-state index contributed by atoms with van der Waals surface area (Å²) in [7, 11) is 0. The van der Waals surface area contributed by atoms with E-state index in [0.29, 0.717) is 77.6 Å². The summed E-state index contributed by atoms with van der Waals surface area (Å²) in [6, 6.07) is 0. The summed E-state index contributed by atoms with van der Waals surface area (Å²) in [4.78, 5) is 92.0. The predicted molar refractivity (Wildman–Crippen MR) is 315 cm³/mol. The average molecular weight is 1200 g/mol. The Hall–Kier alpha value is -5.58. The van der Waals surface area contributed by atoms with Crippen LogP contribution in [0.4, 0.5) is 0 Å². The SMILES string of the molecule is C=C(C)C(=O)OC1(C(C)C)C2CC3CC(C2)CC1C3.C=C(C)C(=O)OC1(CC)C2CC3CC(C2)CC1C3.C=C(C)C(=O)OC12CC3CC(CC(O)(C3)C1)C2.C=C(C)C(=O)OC1CCOC1=O.C=C(C)C(=O)OCC(=O)OC1C2CC3C(=O)OC1C3C2. The molecular weight excluding hydrogens is 1100 g/mol. The zero-order valence-corrected chi connectivity index (χ0v) is 52.4. The Bertz CT molecular complexity index is 2680. The molecule has 14 bridgehead atoms. The van der Waals surface area contributed by atoms with Crippen molar-refractivity contribution in [2.24, 2.45) is 82.9 Å². The maximum atomic E-state index is 12.1. The van der Waals surface area contributed by atoms with E-state index >= 15 is 0 Å². The molecule has 16 fully saturated rings. The molecule has 2 aliphatic heterocycles. The first-order valence-electron chi connectivity index (χ1n) is 32.1. The molecule has 0 aromatic carbocycles. The number of fused-ring (bicyclic) bond motifs is 1. The van der Waals surface area contributed by atoms with E-state index in [1.54, 1.807) is 20.8 Å². The Balaban J connectivity index is 0.000000130. The first kappa shape index (κ1) is 64.9. The van der Waals surface area contributed by atoms with Crippen molar-refractivity contribution < 1.29 is 81.4 Å². The van der Waals surface area contributed by atoms with Gasteiger partial charge in [0.05, 0.1) is 18.1 Å². The molecule has 16 aliphatic rings. The lowest BCUT2D eigenvalue weighted by atomic mass is 9.47. The van der Waals surface area contributed by atoms with Gasteiger partial charge in [0, 0.05) is 52.5 Å². The third kappa shape index (κ3) is 13.4. The van der Waals surface area contributed by atoms with Crippen molar-refractivity contribution in [2.45, 2.75) is 225 Å². The van der Waals surface area contributed by atoms with Gasteiger partial charge in [0.15, 0.2) is 6.61 Å². The van der Waals surface area contributed by atoms with Crippen molar-refractivity contribution in [1.29, 1.82) is 0 Å². The van der Waals surface area contributed by atoms with E-state index in [-0.39, 0.29) is 70.1 Å². The van der Waals surface area contributed by atoms with Crippen molar-refractivity contribution >= 4 is 47.8 Å². The molecule has 0 amide bonds. The third-order valence-corrected chi connectivity index (χ3v) is 22.1. The van der Waals surface area contributed by atoms with E-state index in [4.69, 9.17) is 33.2 Å². The molecular formula is C69H96O17. The molecule has 17 nitrogen and oxygen atoms in total. The van der Waals surface area contributed by atoms with Crippen molar-refractivity contribution in [1.82, 2.24) is 0 Å². The second kappa shape index (κ2) is 25.5. The van der Waals surface area contributed by atoms with Crippen LogP contribution in [0.15, 0.2) is 60.8 Å². The number of carbonyl (C=O) groups excluding carboxylic acids is 8. The molecule has 16 rings (SSSR count). The number of hydrogen-bond acceptors (Lipinski definition) is 17. The second-order valence-corrected chi connectivity index (χ2v) is 29.1. The van der Waals surface area contributed by atoms with Crippen LogP contribution in [0.25, 0.3) is 0 Å². The zero-order chi connectivity index (χ0) is 62.5. The van der Waals surface area contributed by atoms with Gasteiger partial charge in [0.25, 0.3) is 0 Å². The van der Waals surface area contributed by atoms with Gasteiger partial charge in [0.1, 0.15) is 29.0 Å². The number of esters is 8. The fourth-order valence-corrected chi connectivity index (χ4v) is 19.3. The highest BCUT2D eigenvalue weighted by Crippen LogP contribution is 2.64. The fourth-order valence-electron chi connectivity index (χ4n) is 19.3. The van der Waals surface area contributed by atoms with Crippen molar-refractivity contribution in [2.75, 3.05) is 13.2 Å². The van der Waals surface area contributed by atoms with Crippen LogP contribution in [0.5, 0.6) is 0 Å². The number of carbonyl (C=O) groups is 8. The third-order valence-electron chi connectivity index (χ3n) is 22.1. The normalized spacial score (nSPS) is 39.9. The molecule has 14 saturated carbocycles. The molecule has 17 heteroatoms. The topological polar surface area (TPSA) is 231 Å². The minimum Gasteiger partial charge on any atom is -0.463 e. The summed E-state index contributed by atoms with van der Waals surface area (Å²) in [6.45, 7) is 32.7. The molecule has 0 aromatic rings. The van der Waals surface area contributed by atoms with Gasteiger partial charge in [-0.25, -0.2) is 33.6 Å². The van der Waals surface area contributed by atoms with Gasteiger partial charge in [-0.2, -0.15) is 0 Å². The lowest BCUT2D eigenvalue weighted by molar-refractivity contribution is -0.221. The van der Waals surface area contributed by atoms with E-state index < -0.39 is 53.9 Å². The largest absolute Gasteiger partial charge is 0.463 e. The van der Waals surface area contributed by atoms with Crippen LogP contribution in [0.2, 0.25) is 0 Å². The van der Waals surface area contributed by atoms with E-state index in [1.807, 2.05) is 0 Å². The van der Waals surface area contributed by atoms with Gasteiger partial charge >= 0.3 is 47.8 Å². The molecule has 0 aromatic heterocycles. The minimum atomic E-state index is -0.728. The van der Waals surface area contributed by atoms with Crippen LogP contribution in [0.1, 0.15) is 184 Å². The van der Waals surface area contributed by atoms with Crippen LogP contribution in [-0.2, 0) is 76.3 Å². The zero-order valence-electron chi connectivity index (χ0n) is 52.4. The maximum Gasteiger partial charge on any atom is 0.347 e. The minimum absolute atomic E-state index is 0.0128. The summed E-state index contributed by atoms with van der Waals surface area (Å²) in [5.41, 5.74) is 0.708.